The maximum absolute atomic E-state index is 12.6. The summed E-state index contributed by atoms with van der Waals surface area (Å²) in [5.74, 6) is -1.44. The molecule has 1 saturated carbocycles. The summed E-state index contributed by atoms with van der Waals surface area (Å²) in [5.41, 5.74) is -0.481. The van der Waals surface area contributed by atoms with Crippen LogP contribution in [0.25, 0.3) is 0 Å². The number of carboxylic acids is 1. The smallest absolute Gasteiger partial charge is 0.339 e. The Hall–Kier alpha value is -1.88. The summed E-state index contributed by atoms with van der Waals surface area (Å²) < 4.78 is 11.3. The van der Waals surface area contributed by atoms with Crippen LogP contribution in [0, 0.1) is 5.92 Å². The normalized spacial score (nSPS) is 23.7. The molecule has 0 aromatic heterocycles. The van der Waals surface area contributed by atoms with E-state index in [-0.39, 0.29) is 17.0 Å². The van der Waals surface area contributed by atoms with E-state index >= 15 is 0 Å². The minimum Gasteiger partial charge on any atom is -0.478 e. The Labute approximate surface area is 143 Å². The summed E-state index contributed by atoms with van der Waals surface area (Å²) in [6.07, 6.45) is 4.77. The van der Waals surface area contributed by atoms with Gasteiger partial charge in [-0.25, -0.2) is 9.59 Å². The Morgan fingerprint density at radius 2 is 1.96 bits per heavy atom. The van der Waals surface area contributed by atoms with Crippen molar-refractivity contribution >= 4 is 11.9 Å². The summed E-state index contributed by atoms with van der Waals surface area (Å²) in [4.78, 5) is 23.9. The molecule has 24 heavy (non-hydrogen) atoms. The van der Waals surface area contributed by atoms with Crippen molar-refractivity contribution < 1.29 is 24.2 Å². The van der Waals surface area contributed by atoms with Gasteiger partial charge in [-0.2, -0.15) is 0 Å². The first-order valence-electron chi connectivity index (χ1n) is 8.61. The van der Waals surface area contributed by atoms with Crippen LogP contribution in [0.1, 0.15) is 66.7 Å². The number of carboxylic acid groups (broad SMARTS) is 1. The van der Waals surface area contributed by atoms with Gasteiger partial charge in [0.1, 0.15) is 5.60 Å². The van der Waals surface area contributed by atoms with Crippen molar-refractivity contribution in [1.29, 1.82) is 0 Å². The first kappa shape index (κ1) is 18.5. The van der Waals surface area contributed by atoms with Crippen molar-refractivity contribution in [3.63, 3.8) is 0 Å². The predicted octanol–water partition coefficient (Wildman–Crippen LogP) is 3.92. The van der Waals surface area contributed by atoms with E-state index in [2.05, 4.69) is 0 Å². The predicted molar refractivity (Wildman–Crippen MR) is 90.3 cm³/mol. The summed E-state index contributed by atoms with van der Waals surface area (Å²) in [6.45, 7) is 5.25. The van der Waals surface area contributed by atoms with Crippen LogP contribution in [0.3, 0.4) is 0 Å². The van der Waals surface area contributed by atoms with Gasteiger partial charge in [0.15, 0.2) is 0 Å². The molecule has 1 aliphatic rings. The Balaban J connectivity index is 2.14. The molecule has 1 N–H and O–H groups in total. The van der Waals surface area contributed by atoms with Crippen molar-refractivity contribution in [2.75, 3.05) is 13.2 Å². The lowest BCUT2D eigenvalue weighted by molar-refractivity contribution is -0.0676. The first-order chi connectivity index (χ1) is 11.5. The zero-order valence-electron chi connectivity index (χ0n) is 14.4. The fourth-order valence-electron chi connectivity index (χ4n) is 3.44. The number of aromatic carboxylic acids is 1. The molecule has 0 aliphatic heterocycles. The Morgan fingerprint density at radius 1 is 1.25 bits per heavy atom. The second-order valence-electron chi connectivity index (χ2n) is 6.48. The van der Waals surface area contributed by atoms with Crippen molar-refractivity contribution in [1.82, 2.24) is 0 Å². The number of esters is 1. The van der Waals surface area contributed by atoms with Crippen LogP contribution < -0.4 is 0 Å². The minimum absolute atomic E-state index is 0.0206. The molecule has 2 rings (SSSR count). The third kappa shape index (κ3) is 4.35. The third-order valence-corrected chi connectivity index (χ3v) is 4.86. The lowest BCUT2D eigenvalue weighted by Gasteiger charge is -2.41. The molecular weight excluding hydrogens is 308 g/mol. The molecule has 1 aromatic rings. The highest BCUT2D eigenvalue weighted by Crippen LogP contribution is 2.39. The molecule has 0 amide bonds. The van der Waals surface area contributed by atoms with Crippen LogP contribution in [-0.2, 0) is 9.47 Å². The molecule has 2 unspecified atom stereocenters. The Morgan fingerprint density at radius 3 is 2.62 bits per heavy atom. The minimum atomic E-state index is -1.12. The van der Waals surface area contributed by atoms with Crippen LogP contribution in [0.2, 0.25) is 0 Å². The number of hydrogen-bond acceptors (Lipinski definition) is 4. The number of carbonyl (C=O) groups excluding carboxylic acids is 1. The van der Waals surface area contributed by atoms with Crippen molar-refractivity contribution in [2.45, 2.75) is 51.6 Å². The van der Waals surface area contributed by atoms with Gasteiger partial charge in [0.25, 0.3) is 0 Å². The van der Waals surface area contributed by atoms with Crippen molar-refractivity contribution in [2.24, 2.45) is 5.92 Å². The molecule has 1 aliphatic carbocycles. The van der Waals surface area contributed by atoms with E-state index in [4.69, 9.17) is 9.47 Å². The molecule has 1 fully saturated rings. The molecule has 132 valence electrons. The van der Waals surface area contributed by atoms with E-state index in [1.165, 1.54) is 12.1 Å². The molecule has 0 spiro atoms. The van der Waals surface area contributed by atoms with Gasteiger partial charge in [-0.3, -0.25) is 0 Å². The van der Waals surface area contributed by atoms with Crippen LogP contribution in [0.5, 0.6) is 0 Å². The Bertz CT molecular complexity index is 583. The first-order valence-corrected chi connectivity index (χ1v) is 8.61. The monoisotopic (exact) mass is 334 g/mol. The zero-order valence-corrected chi connectivity index (χ0v) is 14.4. The number of rotatable bonds is 7. The molecule has 0 radical (unpaired) electrons. The number of benzene rings is 1. The summed E-state index contributed by atoms with van der Waals surface area (Å²) >= 11 is 0. The average molecular weight is 334 g/mol. The maximum atomic E-state index is 12.6. The largest absolute Gasteiger partial charge is 0.478 e. The summed E-state index contributed by atoms with van der Waals surface area (Å²) in [5, 5.41) is 9.26. The molecule has 0 saturated heterocycles. The van der Waals surface area contributed by atoms with Gasteiger partial charge in [0.2, 0.25) is 0 Å². The lowest BCUT2D eigenvalue weighted by atomic mass is 9.75. The van der Waals surface area contributed by atoms with Crippen LogP contribution >= 0.6 is 0 Å². The van der Waals surface area contributed by atoms with E-state index in [1.54, 1.807) is 12.1 Å². The van der Waals surface area contributed by atoms with Gasteiger partial charge < -0.3 is 14.6 Å². The van der Waals surface area contributed by atoms with Crippen molar-refractivity contribution in [3.8, 4) is 0 Å². The topological polar surface area (TPSA) is 72.8 Å². The van der Waals surface area contributed by atoms with E-state index in [9.17, 15) is 14.7 Å². The fraction of sp³-hybridized carbons (Fsp3) is 0.579. The second-order valence-corrected chi connectivity index (χ2v) is 6.48. The van der Waals surface area contributed by atoms with Crippen molar-refractivity contribution in [3.05, 3.63) is 35.4 Å². The van der Waals surface area contributed by atoms with E-state index < -0.39 is 17.5 Å². The SMILES string of the molecule is CCOCCC1CCCCC1(C)OC(=O)c1ccccc1C(=O)O. The standard InChI is InChI=1S/C19H26O5/c1-3-23-13-11-14-8-6-7-12-19(14,2)24-18(22)16-10-5-4-9-15(16)17(20)21/h4-5,9-10,14H,3,6-8,11-13H2,1-2H3,(H,20,21). The van der Waals surface area contributed by atoms with E-state index in [1.807, 2.05) is 13.8 Å². The number of hydrogen-bond donors (Lipinski definition) is 1. The highest BCUT2D eigenvalue weighted by molar-refractivity contribution is 6.02. The van der Waals surface area contributed by atoms with Crippen LogP contribution in [0.4, 0.5) is 0 Å². The lowest BCUT2D eigenvalue weighted by Crippen LogP contribution is -2.43. The molecule has 5 nitrogen and oxygen atoms in total. The van der Waals surface area contributed by atoms with E-state index in [0.29, 0.717) is 13.2 Å². The highest BCUT2D eigenvalue weighted by Gasteiger charge is 2.40. The third-order valence-electron chi connectivity index (χ3n) is 4.86. The van der Waals surface area contributed by atoms with Gasteiger partial charge in [-0.1, -0.05) is 18.6 Å². The molecule has 2 atom stereocenters. The van der Waals surface area contributed by atoms with E-state index in [0.717, 1.165) is 32.1 Å². The van der Waals surface area contributed by atoms with Gasteiger partial charge in [-0.15, -0.1) is 0 Å². The number of carbonyl (C=O) groups is 2. The molecule has 0 bridgehead atoms. The van der Waals surface area contributed by atoms with Gasteiger partial charge in [0.05, 0.1) is 11.1 Å². The van der Waals surface area contributed by atoms with Gasteiger partial charge in [-0.05, 0) is 51.7 Å². The quantitative estimate of drug-likeness (QED) is 0.604. The van der Waals surface area contributed by atoms with Gasteiger partial charge >= 0.3 is 11.9 Å². The molecular formula is C19H26O5. The fourth-order valence-corrected chi connectivity index (χ4v) is 3.44. The highest BCUT2D eigenvalue weighted by atomic mass is 16.6. The maximum Gasteiger partial charge on any atom is 0.339 e. The second kappa shape index (κ2) is 8.29. The molecule has 5 heteroatoms. The summed E-state index contributed by atoms with van der Waals surface area (Å²) in [6, 6.07) is 6.19. The zero-order chi connectivity index (χ0) is 17.6. The summed E-state index contributed by atoms with van der Waals surface area (Å²) in [7, 11) is 0. The van der Waals surface area contributed by atoms with Crippen LogP contribution in [-0.4, -0.2) is 35.9 Å². The Kier molecular flexibility index (Phi) is 6.37. The van der Waals surface area contributed by atoms with Crippen LogP contribution in [0.15, 0.2) is 24.3 Å². The van der Waals surface area contributed by atoms with Gasteiger partial charge in [0, 0.05) is 19.1 Å². The number of ether oxygens (including phenoxy) is 2. The molecule has 1 aromatic carbocycles. The molecule has 0 heterocycles. The average Bonchev–Trinajstić information content (AvgIpc) is 2.56.